The van der Waals surface area contributed by atoms with E-state index in [9.17, 15) is 9.59 Å². The van der Waals surface area contributed by atoms with Gasteiger partial charge in [-0.2, -0.15) is 0 Å². The largest absolute Gasteiger partial charge is 0.462 e. The number of Topliss-reactive ketones (excluding diaryl/α,β-unsaturated/α-hetero) is 1. The van der Waals surface area contributed by atoms with Crippen molar-refractivity contribution in [2.24, 2.45) is 0 Å². The van der Waals surface area contributed by atoms with Gasteiger partial charge in [-0.3, -0.25) is 4.79 Å². The average Bonchev–Trinajstić information content (AvgIpc) is 2.55. The lowest BCUT2D eigenvalue weighted by molar-refractivity contribution is 0.0498. The second-order valence-electron chi connectivity index (χ2n) is 4.75. The van der Waals surface area contributed by atoms with Crippen LogP contribution in [0.4, 0.5) is 0 Å². The van der Waals surface area contributed by atoms with E-state index in [0.717, 1.165) is 12.0 Å². The van der Waals surface area contributed by atoms with Gasteiger partial charge in [-0.15, -0.1) is 0 Å². The normalized spacial score (nSPS) is 10.1. The molecule has 108 valence electrons. The summed E-state index contributed by atoms with van der Waals surface area (Å²) in [6.07, 6.45) is 1.89. The Balaban J connectivity index is 1.64. The summed E-state index contributed by atoms with van der Waals surface area (Å²) in [5, 5.41) is 0. The molecule has 0 radical (unpaired) electrons. The van der Waals surface area contributed by atoms with Crippen molar-refractivity contribution in [3.05, 3.63) is 71.8 Å². The lowest BCUT2D eigenvalue weighted by atomic mass is 10.1. The summed E-state index contributed by atoms with van der Waals surface area (Å²) in [7, 11) is 0. The van der Waals surface area contributed by atoms with Gasteiger partial charge in [0.1, 0.15) is 0 Å². The molecule has 0 aliphatic heterocycles. The number of unbranched alkanes of at least 4 members (excludes halogenated alkanes) is 1. The van der Waals surface area contributed by atoms with Crippen molar-refractivity contribution in [2.75, 3.05) is 6.61 Å². The highest BCUT2D eigenvalue weighted by atomic mass is 16.5. The van der Waals surface area contributed by atoms with E-state index in [0.29, 0.717) is 25.0 Å². The lowest BCUT2D eigenvalue weighted by Gasteiger charge is -2.04. The first-order valence-corrected chi connectivity index (χ1v) is 7.08. The molecule has 2 aromatic carbocycles. The zero-order valence-corrected chi connectivity index (χ0v) is 11.8. The van der Waals surface area contributed by atoms with Gasteiger partial charge in [0.2, 0.25) is 0 Å². The molecule has 0 aliphatic carbocycles. The third kappa shape index (κ3) is 4.88. The fraction of sp³-hybridized carbons (Fsp3) is 0.222. The highest BCUT2D eigenvalue weighted by Crippen LogP contribution is 2.07. The van der Waals surface area contributed by atoms with E-state index in [2.05, 4.69) is 0 Å². The van der Waals surface area contributed by atoms with Gasteiger partial charge in [0.05, 0.1) is 12.2 Å². The van der Waals surface area contributed by atoms with Crippen LogP contribution in [0.2, 0.25) is 0 Å². The summed E-state index contributed by atoms with van der Waals surface area (Å²) in [4.78, 5) is 23.5. The molecule has 0 unspecified atom stereocenters. The SMILES string of the molecule is O=C(CCCCOC(=O)c1ccccc1)c1ccccc1. The summed E-state index contributed by atoms with van der Waals surface area (Å²) in [5.74, 6) is -0.185. The number of hydrogen-bond acceptors (Lipinski definition) is 3. The number of ketones is 1. The lowest BCUT2D eigenvalue weighted by Crippen LogP contribution is -2.07. The molecule has 0 aromatic heterocycles. The fourth-order valence-electron chi connectivity index (χ4n) is 1.98. The Morgan fingerprint density at radius 1 is 0.762 bits per heavy atom. The summed E-state index contributed by atoms with van der Waals surface area (Å²) in [6.45, 7) is 0.343. The minimum Gasteiger partial charge on any atom is -0.462 e. The number of esters is 1. The van der Waals surface area contributed by atoms with Gasteiger partial charge in [-0.25, -0.2) is 4.79 Å². The Morgan fingerprint density at radius 3 is 1.95 bits per heavy atom. The molecule has 0 saturated carbocycles. The van der Waals surface area contributed by atoms with E-state index < -0.39 is 0 Å². The molecule has 0 saturated heterocycles. The van der Waals surface area contributed by atoms with Crippen LogP contribution in [0.1, 0.15) is 40.0 Å². The molecule has 0 fully saturated rings. The Bertz CT molecular complexity index is 522. The molecule has 0 amide bonds. The van der Waals surface area contributed by atoms with Crippen LogP contribution in [0.5, 0.6) is 0 Å². The molecule has 21 heavy (non-hydrogen) atoms. The number of ether oxygens (including phenoxy) is 1. The molecule has 0 aliphatic rings. The van der Waals surface area contributed by atoms with E-state index in [1.807, 2.05) is 36.4 Å². The van der Waals surface area contributed by atoms with Gasteiger partial charge in [0, 0.05) is 12.0 Å². The highest BCUT2D eigenvalue weighted by Gasteiger charge is 2.07. The Kier molecular flexibility index (Phi) is 5.71. The maximum atomic E-state index is 11.9. The van der Waals surface area contributed by atoms with Crippen LogP contribution in [0.3, 0.4) is 0 Å². The maximum absolute atomic E-state index is 11.9. The van der Waals surface area contributed by atoms with E-state index in [4.69, 9.17) is 4.74 Å². The zero-order valence-electron chi connectivity index (χ0n) is 11.8. The molecule has 3 heteroatoms. The first-order valence-electron chi connectivity index (χ1n) is 7.08. The van der Waals surface area contributed by atoms with Gasteiger partial charge < -0.3 is 4.74 Å². The number of hydrogen-bond donors (Lipinski definition) is 0. The molecule has 0 spiro atoms. The molecular weight excluding hydrogens is 264 g/mol. The third-order valence-corrected chi connectivity index (χ3v) is 3.14. The van der Waals surface area contributed by atoms with Crippen LogP contribution in [-0.2, 0) is 4.74 Å². The Hall–Kier alpha value is -2.42. The fourth-order valence-corrected chi connectivity index (χ4v) is 1.98. The van der Waals surface area contributed by atoms with Crippen molar-refractivity contribution in [1.82, 2.24) is 0 Å². The van der Waals surface area contributed by atoms with Crippen molar-refractivity contribution in [1.29, 1.82) is 0 Å². The summed E-state index contributed by atoms with van der Waals surface area (Å²) in [5.41, 5.74) is 1.29. The minimum absolute atomic E-state index is 0.130. The maximum Gasteiger partial charge on any atom is 0.338 e. The second kappa shape index (κ2) is 8.00. The zero-order chi connectivity index (χ0) is 14.9. The molecule has 0 N–H and O–H groups in total. The van der Waals surface area contributed by atoms with Gasteiger partial charge in [0.15, 0.2) is 5.78 Å². The molecule has 2 rings (SSSR count). The smallest absolute Gasteiger partial charge is 0.338 e. The Labute approximate surface area is 124 Å². The quantitative estimate of drug-likeness (QED) is 0.439. The van der Waals surface area contributed by atoms with Gasteiger partial charge >= 0.3 is 5.97 Å². The van der Waals surface area contributed by atoms with E-state index >= 15 is 0 Å². The number of benzene rings is 2. The first-order chi connectivity index (χ1) is 10.3. The van der Waals surface area contributed by atoms with Crippen LogP contribution in [0.15, 0.2) is 60.7 Å². The predicted octanol–water partition coefficient (Wildman–Crippen LogP) is 3.90. The topological polar surface area (TPSA) is 43.4 Å². The highest BCUT2D eigenvalue weighted by molar-refractivity contribution is 5.95. The molecule has 0 atom stereocenters. The summed E-state index contributed by atoms with van der Waals surface area (Å²) in [6, 6.07) is 18.1. The molecule has 0 heterocycles. The van der Waals surface area contributed by atoms with Crippen LogP contribution in [0.25, 0.3) is 0 Å². The van der Waals surface area contributed by atoms with Crippen molar-refractivity contribution >= 4 is 11.8 Å². The van der Waals surface area contributed by atoms with Gasteiger partial charge in [-0.1, -0.05) is 48.5 Å². The van der Waals surface area contributed by atoms with Crippen LogP contribution >= 0.6 is 0 Å². The van der Waals surface area contributed by atoms with Crippen molar-refractivity contribution in [3.8, 4) is 0 Å². The molecular formula is C18H18O3. The standard InChI is InChI=1S/C18H18O3/c19-17(15-9-3-1-4-10-15)13-7-8-14-21-18(20)16-11-5-2-6-12-16/h1-6,9-12H,7-8,13-14H2. The third-order valence-electron chi connectivity index (χ3n) is 3.14. The van der Waals surface area contributed by atoms with Crippen LogP contribution < -0.4 is 0 Å². The Morgan fingerprint density at radius 2 is 1.33 bits per heavy atom. The van der Waals surface area contributed by atoms with Gasteiger partial charge in [0.25, 0.3) is 0 Å². The first kappa shape index (κ1) is 15.0. The molecule has 3 nitrogen and oxygen atoms in total. The van der Waals surface area contributed by atoms with E-state index in [1.54, 1.807) is 24.3 Å². The van der Waals surface area contributed by atoms with Crippen molar-refractivity contribution < 1.29 is 14.3 Å². The second-order valence-corrected chi connectivity index (χ2v) is 4.75. The summed E-state index contributed by atoms with van der Waals surface area (Å²) >= 11 is 0. The van der Waals surface area contributed by atoms with E-state index in [1.165, 1.54) is 0 Å². The minimum atomic E-state index is -0.315. The number of rotatable bonds is 7. The number of carbonyl (C=O) groups excluding carboxylic acids is 2. The predicted molar refractivity (Wildman–Crippen MR) is 81.3 cm³/mol. The monoisotopic (exact) mass is 282 g/mol. The summed E-state index contributed by atoms with van der Waals surface area (Å²) < 4.78 is 5.17. The molecule has 0 bridgehead atoms. The van der Waals surface area contributed by atoms with Crippen LogP contribution in [0, 0.1) is 0 Å². The van der Waals surface area contributed by atoms with Crippen LogP contribution in [-0.4, -0.2) is 18.4 Å². The van der Waals surface area contributed by atoms with Crippen molar-refractivity contribution in [2.45, 2.75) is 19.3 Å². The van der Waals surface area contributed by atoms with Gasteiger partial charge in [-0.05, 0) is 25.0 Å². The average molecular weight is 282 g/mol. The number of carbonyl (C=O) groups is 2. The molecule has 2 aromatic rings. The van der Waals surface area contributed by atoms with E-state index in [-0.39, 0.29) is 11.8 Å². The van der Waals surface area contributed by atoms with Crippen molar-refractivity contribution in [3.63, 3.8) is 0 Å².